The lowest BCUT2D eigenvalue weighted by Gasteiger charge is -2.41. The van der Waals surface area contributed by atoms with E-state index in [2.05, 4.69) is 143 Å². The first-order valence-corrected chi connectivity index (χ1v) is 54.0. The summed E-state index contributed by atoms with van der Waals surface area (Å²) in [5.41, 5.74) is -1.07. The number of hydrogen-bond acceptors (Lipinski definition) is 23. The molecule has 18 rings (SSSR count). The summed E-state index contributed by atoms with van der Waals surface area (Å²) in [7, 11) is 20.5. The quantitative estimate of drug-likeness (QED) is 0.103. The number of likely N-dealkylation sites (tertiary alicyclic amines) is 18. The number of hydrogen-bond donors (Lipinski definition) is 3. The van der Waals surface area contributed by atoms with Gasteiger partial charge in [-0.3, -0.25) is 53.4 Å². The number of nitrogens with zero attached hydrogens (tertiary/aromatic N) is 18. The number of aliphatic hydroxyl groups excluding tert-OH is 2. The van der Waals surface area contributed by atoms with Crippen molar-refractivity contribution < 1.29 is 87.9 Å². The Morgan fingerprint density at radius 1 is 0.329 bits per heavy atom. The van der Waals surface area contributed by atoms with Gasteiger partial charge in [-0.2, -0.15) is 0 Å². The second-order valence-corrected chi connectivity index (χ2v) is 46.2. The van der Waals surface area contributed by atoms with E-state index in [1.54, 1.807) is 27.9 Å². The van der Waals surface area contributed by atoms with E-state index in [9.17, 15) is 78.1 Å². The highest BCUT2D eigenvalue weighted by Crippen LogP contribution is 2.44. The van der Waals surface area contributed by atoms with Crippen LogP contribution in [0.4, 0.5) is 43.9 Å². The highest BCUT2D eigenvalue weighted by molar-refractivity contribution is 6.02. The summed E-state index contributed by atoms with van der Waals surface area (Å²) in [4.78, 5) is 96.1. The maximum absolute atomic E-state index is 13.6. The molecule has 9 atom stereocenters. The lowest BCUT2D eigenvalue weighted by molar-refractivity contribution is -0.142. The van der Waals surface area contributed by atoms with Crippen molar-refractivity contribution in [3.05, 3.63) is 0 Å². The Balaban J connectivity index is 0.000000162. The van der Waals surface area contributed by atoms with E-state index in [0.717, 1.165) is 265 Å². The fraction of sp³-hybridized carbons (Fsp3) is 0.951. The Bertz CT molecular complexity index is 3630. The van der Waals surface area contributed by atoms with Crippen molar-refractivity contribution in [1.82, 2.24) is 88.2 Å². The number of amides is 5. The van der Waals surface area contributed by atoms with Crippen LogP contribution in [0.1, 0.15) is 254 Å². The van der Waals surface area contributed by atoms with Crippen molar-refractivity contribution in [2.75, 3.05) is 234 Å². The van der Waals surface area contributed by atoms with Crippen molar-refractivity contribution in [1.29, 1.82) is 0 Å². The largest absolute Gasteiger partial charge is 0.395 e. The van der Waals surface area contributed by atoms with Crippen molar-refractivity contribution in [2.24, 2.45) is 0 Å². The molecule has 0 saturated carbocycles. The molecule has 140 heavy (non-hydrogen) atoms. The molecule has 0 aliphatic carbocycles. The highest BCUT2D eigenvalue weighted by Gasteiger charge is 2.55. The number of carbonyl (C=O) groups is 5. The number of alkyl halides is 10. The van der Waals surface area contributed by atoms with Crippen LogP contribution in [0, 0.1) is 0 Å². The van der Waals surface area contributed by atoms with Gasteiger partial charge >= 0.3 is 0 Å². The third-order valence-electron chi connectivity index (χ3n) is 34.1. The van der Waals surface area contributed by atoms with Crippen LogP contribution in [-0.4, -0.2) is 511 Å². The van der Waals surface area contributed by atoms with Gasteiger partial charge in [-0.25, -0.2) is 43.9 Å². The molecule has 5 amide bonds. The number of methoxy groups -OCH3 is 1. The molecule has 0 aromatic heterocycles. The van der Waals surface area contributed by atoms with Crippen LogP contribution >= 0.6 is 0 Å². The number of rotatable bonds is 15. The SMILES string of the molecule is CC(O)[C@H]1CC(F)(F)CN1C1CCN(C)CC1.CC[C@@H]1CCC(=O)N1C1CCN(C)CC1.CN1CCC(N2C(=O)CCC2=O)CC1.CN1CCC(N2CC(F)(F)C[C@@H]2C(C)(C)O)CC1.CN1CCC(N2CC(F)(F)C[C@@H]2CO)CC1.COC[C@H]1CC(F)(F)CN1C1CCN(C)CC1.C[C@@H]1CCC(=O)N1C1CCN(C)CC1.C[C@H]1CC(F)(F)CN1C1CCN(C)CC1.C[C@H]1CCC(=O)N1C1CCN(C)CC1. The van der Waals surface area contributed by atoms with Gasteiger partial charge in [0.1, 0.15) is 0 Å². The standard InChI is InChI=1S/C13H24F2N2O.2C12H22F2N2O.C12H22N2O.C11H20F2N2O.C11H20F2N2.2C11H20N2O.C10H16N2O2/c1-12(2,18)11-8-13(14,15)9-17(11)10-4-6-16(3)7-5-10;1-15-5-3-10(4-6-15)16-9-12(13,14)7-11(16)8-17-2;1-9(17)11-7-12(13,14)8-16(11)10-3-5-15(2)6-4-10;1-3-10-4-5-12(15)14(10)11-6-8-13(2)9-7-11;1-14-4-2-9(3-5-14)15-8-11(12,13)6-10(15)7-16;1-9-7-11(12,13)8-15(9)10-3-5-14(2)6-4-10;2*1-9-3-4-11(14)13(9)10-5-7-12(2)8-6-10;1-11-6-4-8(5-7-11)12-9(13)2-3-10(12)14/h10-11,18H,4-9H2,1-3H3;10-11H,3-9H2,1-2H3;9-11,17H,3-8H2,1-2H3;10-11H,3-9H2,1-2H3;9-10,16H,2-8H2,1H3;9-10H,3-8H2,1-2H3;2*9-10H,3-8H2,1-2H3;8H,2-7H2,1H3/t2*11-;9?,11-;2*10-;3*9-;/m11111010./s1. The van der Waals surface area contributed by atoms with Gasteiger partial charge in [0.15, 0.2) is 0 Å². The molecule has 812 valence electrons. The molecule has 0 spiro atoms. The minimum absolute atomic E-state index is 0.0253. The monoisotopic (exact) mass is 2010 g/mol. The Morgan fingerprint density at radius 2 is 0.600 bits per heavy atom. The molecule has 37 heteroatoms. The predicted octanol–water partition coefficient (Wildman–Crippen LogP) is 10.7. The molecule has 1 unspecified atom stereocenters. The van der Waals surface area contributed by atoms with Gasteiger partial charge in [-0.1, -0.05) is 6.92 Å². The Hall–Kier alpha value is -3.87. The summed E-state index contributed by atoms with van der Waals surface area (Å²) < 4.78 is 139. The van der Waals surface area contributed by atoms with Crippen LogP contribution in [0.2, 0.25) is 0 Å². The highest BCUT2D eigenvalue weighted by atomic mass is 19.3. The van der Waals surface area contributed by atoms with Crippen LogP contribution in [0.3, 0.4) is 0 Å². The molecule has 0 bridgehead atoms. The van der Waals surface area contributed by atoms with Gasteiger partial charge in [0.25, 0.3) is 29.6 Å². The second-order valence-electron chi connectivity index (χ2n) is 46.2. The minimum atomic E-state index is -2.66. The summed E-state index contributed by atoms with van der Waals surface area (Å²) in [5.74, 6) is -11.7. The van der Waals surface area contributed by atoms with Crippen molar-refractivity contribution in [2.45, 2.75) is 398 Å². The molecule has 18 aliphatic heterocycles. The van der Waals surface area contributed by atoms with Gasteiger partial charge in [-0.15, -0.1) is 0 Å². The summed E-state index contributed by atoms with van der Waals surface area (Å²) in [6.45, 7) is 31.7. The molecule has 3 N–H and O–H groups in total. The molecule has 0 aromatic carbocycles. The number of halogens is 10. The van der Waals surface area contributed by atoms with Gasteiger partial charge in [0, 0.05) is 174 Å². The van der Waals surface area contributed by atoms with Crippen LogP contribution < -0.4 is 0 Å². The Labute approximate surface area is 834 Å². The molecule has 0 aromatic rings. The van der Waals surface area contributed by atoms with Crippen molar-refractivity contribution in [3.63, 3.8) is 0 Å². The summed E-state index contributed by atoms with van der Waals surface area (Å²) >= 11 is 0. The zero-order valence-electron chi connectivity index (χ0n) is 88.8. The fourth-order valence-electron chi connectivity index (χ4n) is 25.5. The molecule has 18 aliphatic rings. The normalized spacial score (nSPS) is 31.8. The predicted molar refractivity (Wildman–Crippen MR) is 530 cm³/mol. The van der Waals surface area contributed by atoms with E-state index >= 15 is 0 Å². The van der Waals surface area contributed by atoms with E-state index < -0.39 is 47.4 Å². The van der Waals surface area contributed by atoms with Crippen molar-refractivity contribution >= 4 is 29.5 Å². The van der Waals surface area contributed by atoms with Crippen LogP contribution in [0.15, 0.2) is 0 Å². The molecule has 18 heterocycles. The number of piperidine rings is 9. The van der Waals surface area contributed by atoms with Gasteiger partial charge in [-0.05, 0) is 364 Å². The fourth-order valence-corrected chi connectivity index (χ4v) is 25.5. The molecular weight excluding hydrogens is 1820 g/mol. The first-order chi connectivity index (χ1) is 65.9. The average Bonchev–Trinajstić information content (AvgIpc) is 1.63. The van der Waals surface area contributed by atoms with Gasteiger partial charge < -0.3 is 78.9 Å². The smallest absolute Gasteiger partial charge is 0.262 e. The zero-order valence-corrected chi connectivity index (χ0v) is 88.8. The number of ether oxygens (including phenoxy) is 1. The molecular formula is C103H186F10N18O9. The van der Waals surface area contributed by atoms with Crippen LogP contribution in [0.5, 0.6) is 0 Å². The van der Waals surface area contributed by atoms with E-state index in [-0.39, 0.29) is 132 Å². The molecule has 27 nitrogen and oxygen atoms in total. The summed E-state index contributed by atoms with van der Waals surface area (Å²) in [6.07, 6.45) is 24.7. The maximum atomic E-state index is 13.6. The lowest BCUT2D eigenvalue weighted by Crippen LogP contribution is -2.52. The Morgan fingerprint density at radius 3 is 0.921 bits per heavy atom. The van der Waals surface area contributed by atoms with Crippen molar-refractivity contribution in [3.8, 4) is 0 Å². The van der Waals surface area contributed by atoms with E-state index in [0.29, 0.717) is 85.5 Å². The summed E-state index contributed by atoms with van der Waals surface area (Å²) in [6, 6.07) is 3.34. The molecule has 18 saturated heterocycles. The number of carbonyl (C=O) groups excluding carboxylic acids is 5. The number of aliphatic hydroxyl groups is 3. The van der Waals surface area contributed by atoms with E-state index in [4.69, 9.17) is 9.84 Å². The van der Waals surface area contributed by atoms with Crippen LogP contribution in [0.25, 0.3) is 0 Å². The first-order valence-electron chi connectivity index (χ1n) is 54.0. The summed E-state index contributed by atoms with van der Waals surface area (Å²) in [5, 5.41) is 28.9. The average molecular weight is 2010 g/mol. The van der Waals surface area contributed by atoms with E-state index in [1.807, 2.05) is 31.4 Å². The second kappa shape index (κ2) is 53.5. The minimum Gasteiger partial charge on any atom is -0.395 e. The zero-order chi connectivity index (χ0) is 103. The van der Waals surface area contributed by atoms with Crippen LogP contribution in [-0.2, 0) is 28.7 Å². The van der Waals surface area contributed by atoms with Gasteiger partial charge in [0.2, 0.25) is 29.5 Å². The first kappa shape index (κ1) is 118. The van der Waals surface area contributed by atoms with Gasteiger partial charge in [0.05, 0.1) is 57.6 Å². The lowest BCUT2D eigenvalue weighted by atomic mass is 9.93. The maximum Gasteiger partial charge on any atom is 0.262 e. The molecule has 0 radical (unpaired) electrons. The third-order valence-corrected chi connectivity index (χ3v) is 34.1. The third kappa shape index (κ3) is 34.9. The Kier molecular flexibility index (Phi) is 45.1. The molecule has 18 fully saturated rings. The number of imide groups is 1. The van der Waals surface area contributed by atoms with E-state index in [1.165, 1.54) is 17.7 Å². The topological polar surface area (TPSA) is 214 Å².